The lowest BCUT2D eigenvalue weighted by atomic mass is 9.65. The van der Waals surface area contributed by atoms with Gasteiger partial charge < -0.3 is 4.57 Å². The van der Waals surface area contributed by atoms with Gasteiger partial charge in [-0.15, -0.1) is 0 Å². The van der Waals surface area contributed by atoms with Crippen molar-refractivity contribution >= 4 is 12.4 Å². The van der Waals surface area contributed by atoms with Crippen molar-refractivity contribution in [3.63, 3.8) is 0 Å². The third-order valence-corrected chi connectivity index (χ3v) is 13.3. The molecule has 0 spiro atoms. The summed E-state index contributed by atoms with van der Waals surface area (Å²) in [6.45, 7) is 3.66. The maximum absolute atomic E-state index is 12.7. The van der Waals surface area contributed by atoms with Crippen molar-refractivity contribution < 1.29 is 4.57 Å². The van der Waals surface area contributed by atoms with Crippen LogP contribution in [0.4, 0.5) is 0 Å². The van der Waals surface area contributed by atoms with Crippen LogP contribution in [0, 0.1) is 0 Å². The Kier molecular flexibility index (Phi) is 10.3. The zero-order valence-electron chi connectivity index (χ0n) is 33.1. The first-order valence-electron chi connectivity index (χ1n) is 20.3. The van der Waals surface area contributed by atoms with Gasteiger partial charge in [0.05, 0.1) is 0 Å². The van der Waals surface area contributed by atoms with Crippen LogP contribution in [0.25, 0.3) is 67.5 Å². The van der Waals surface area contributed by atoms with Crippen LogP contribution in [0.1, 0.15) is 43.2 Å². The maximum atomic E-state index is 12.7. The molecule has 0 atom stereocenters. The van der Waals surface area contributed by atoms with E-state index >= 15 is 0 Å². The van der Waals surface area contributed by atoms with Gasteiger partial charge in [0, 0.05) is 27.4 Å². The monoisotopic (exact) mass is 771 g/mol. The van der Waals surface area contributed by atoms with E-state index in [1.54, 1.807) is 0 Å². The molecule has 284 valence electrons. The van der Waals surface area contributed by atoms with Crippen molar-refractivity contribution in [2.45, 2.75) is 37.5 Å². The second-order valence-electron chi connectivity index (χ2n) is 15.9. The number of aromatic nitrogens is 3. The van der Waals surface area contributed by atoms with Crippen molar-refractivity contribution in [3.8, 4) is 67.5 Å². The average molecular weight is 772 g/mol. The molecule has 0 unspecified atom stereocenters. The van der Waals surface area contributed by atoms with E-state index in [4.69, 9.17) is 15.0 Å². The molecule has 1 aliphatic rings. The Morgan fingerprint density at radius 2 is 0.862 bits per heavy atom. The lowest BCUT2D eigenvalue weighted by Crippen LogP contribution is -2.30. The van der Waals surface area contributed by atoms with E-state index in [-0.39, 0.29) is 5.41 Å². The van der Waals surface area contributed by atoms with Crippen molar-refractivity contribution in [1.82, 2.24) is 15.0 Å². The van der Waals surface area contributed by atoms with Crippen molar-refractivity contribution in [2.75, 3.05) is 13.3 Å². The van der Waals surface area contributed by atoms with Crippen molar-refractivity contribution in [1.29, 1.82) is 0 Å². The highest BCUT2D eigenvalue weighted by Gasteiger charge is 2.36. The molecule has 4 nitrogen and oxygen atoms in total. The number of rotatable bonds is 9. The highest BCUT2D eigenvalue weighted by Crippen LogP contribution is 2.46. The van der Waals surface area contributed by atoms with Crippen LogP contribution >= 0.6 is 7.14 Å². The molecule has 8 aromatic rings. The second-order valence-corrected chi connectivity index (χ2v) is 19.1. The molecule has 0 saturated heterocycles. The van der Waals surface area contributed by atoms with Gasteiger partial charge in [0.2, 0.25) is 0 Å². The van der Waals surface area contributed by atoms with Crippen LogP contribution in [0.15, 0.2) is 182 Å². The molecule has 1 saturated carbocycles. The molecule has 0 amide bonds. The minimum absolute atomic E-state index is 0.0974. The van der Waals surface area contributed by atoms with E-state index in [0.29, 0.717) is 17.5 Å². The van der Waals surface area contributed by atoms with Crippen molar-refractivity contribution in [2.24, 2.45) is 0 Å². The summed E-state index contributed by atoms with van der Waals surface area (Å²) in [6, 6.07) is 64.1. The molecule has 7 aromatic carbocycles. The van der Waals surface area contributed by atoms with E-state index < -0.39 is 7.14 Å². The Bertz CT molecular complexity index is 2720. The zero-order chi connectivity index (χ0) is 39.5. The fourth-order valence-corrected chi connectivity index (χ4v) is 9.46. The predicted octanol–water partition coefficient (Wildman–Crippen LogP) is 13.4. The van der Waals surface area contributed by atoms with Crippen LogP contribution < -0.4 is 5.30 Å². The fourth-order valence-electron chi connectivity index (χ4n) is 8.59. The van der Waals surface area contributed by atoms with E-state index in [1.807, 2.05) is 37.6 Å². The highest BCUT2D eigenvalue weighted by atomic mass is 31.2. The van der Waals surface area contributed by atoms with Gasteiger partial charge in [-0.25, -0.2) is 15.0 Å². The van der Waals surface area contributed by atoms with E-state index in [1.165, 1.54) is 41.5 Å². The van der Waals surface area contributed by atoms with Crippen LogP contribution in [0.3, 0.4) is 0 Å². The summed E-state index contributed by atoms with van der Waals surface area (Å²) in [6.07, 6.45) is 5.82. The summed E-state index contributed by atoms with van der Waals surface area (Å²) in [5, 5.41) is 0.912. The SMILES string of the molecule is CP(C)(=O)c1ccc(-c2cccc(C3(c4ccc(-c5nc(-c6ccc(-c7ccccc7)cc6)nc(-c6ccccc6-c6ccccc6)n5)cc4)CCCCC3)c2)cc1. The lowest BCUT2D eigenvalue weighted by Gasteiger charge is -2.39. The third kappa shape index (κ3) is 7.61. The van der Waals surface area contributed by atoms with E-state index in [2.05, 4.69) is 158 Å². The zero-order valence-corrected chi connectivity index (χ0v) is 33.9. The molecular formula is C53H46N3OP. The number of hydrogen-bond donors (Lipinski definition) is 0. The molecule has 1 heterocycles. The third-order valence-electron chi connectivity index (χ3n) is 11.8. The number of nitrogens with zero attached hydrogens (tertiary/aromatic N) is 3. The molecule has 1 aromatic heterocycles. The first kappa shape index (κ1) is 37.4. The number of hydrogen-bond acceptors (Lipinski definition) is 4. The second kappa shape index (κ2) is 16.0. The fraction of sp³-hybridized carbons (Fsp3) is 0.151. The minimum atomic E-state index is -2.32. The smallest absolute Gasteiger partial charge is 0.164 e. The molecular weight excluding hydrogens is 726 g/mol. The first-order valence-corrected chi connectivity index (χ1v) is 22.9. The standard InChI is InChI=1S/C53H46N3OP/c1-58(2,57)47-33-29-40(30-34-47)44-19-14-20-46(37-44)53(35-12-5-13-36-53)45-31-27-43(28-32-45)51-54-50(42-25-23-39(24-26-42)38-15-6-3-7-16-38)55-52(56-51)49-22-11-10-21-48(49)41-17-8-4-9-18-41/h3-4,6-11,14-34,37H,5,12-13,35-36H2,1-2H3. The van der Waals surface area contributed by atoms with E-state index in [9.17, 15) is 4.57 Å². The number of benzene rings is 7. The summed E-state index contributed by atoms with van der Waals surface area (Å²) >= 11 is 0. The highest BCUT2D eigenvalue weighted by molar-refractivity contribution is 7.70. The summed E-state index contributed by atoms with van der Waals surface area (Å²) in [5.74, 6) is 1.93. The van der Waals surface area contributed by atoms with Crippen LogP contribution in [0.5, 0.6) is 0 Å². The van der Waals surface area contributed by atoms with Gasteiger partial charge in [0.25, 0.3) is 0 Å². The average Bonchev–Trinajstić information content (AvgIpc) is 3.29. The molecule has 58 heavy (non-hydrogen) atoms. The van der Waals surface area contributed by atoms with Gasteiger partial charge >= 0.3 is 0 Å². The summed E-state index contributed by atoms with van der Waals surface area (Å²) in [7, 11) is -2.32. The molecule has 1 aliphatic carbocycles. The molecule has 5 heteroatoms. The largest absolute Gasteiger partial charge is 0.319 e. The topological polar surface area (TPSA) is 55.7 Å². The summed E-state index contributed by atoms with van der Waals surface area (Å²) in [4.78, 5) is 15.5. The van der Waals surface area contributed by atoms with Gasteiger partial charge in [0.1, 0.15) is 7.14 Å². The normalized spacial score (nSPS) is 13.9. The Morgan fingerprint density at radius 3 is 1.48 bits per heavy atom. The van der Waals surface area contributed by atoms with Gasteiger partial charge in [-0.05, 0) is 70.7 Å². The molecule has 9 rings (SSSR count). The predicted molar refractivity (Wildman–Crippen MR) is 242 cm³/mol. The summed E-state index contributed by atoms with van der Waals surface area (Å²) in [5.41, 5.74) is 12.3. The molecule has 0 bridgehead atoms. The quantitative estimate of drug-likeness (QED) is 0.137. The molecule has 0 radical (unpaired) electrons. The van der Waals surface area contributed by atoms with Gasteiger partial charge in [-0.2, -0.15) is 0 Å². The van der Waals surface area contributed by atoms with Gasteiger partial charge in [-0.1, -0.05) is 201 Å². The van der Waals surface area contributed by atoms with Crippen molar-refractivity contribution in [3.05, 3.63) is 193 Å². The first-order chi connectivity index (χ1) is 28.3. The molecule has 0 aliphatic heterocycles. The molecule has 0 N–H and O–H groups in total. The summed E-state index contributed by atoms with van der Waals surface area (Å²) < 4.78 is 12.7. The minimum Gasteiger partial charge on any atom is -0.319 e. The maximum Gasteiger partial charge on any atom is 0.164 e. The van der Waals surface area contributed by atoms with Gasteiger partial charge in [0.15, 0.2) is 17.5 Å². The lowest BCUT2D eigenvalue weighted by molar-refractivity contribution is 0.346. The Hall–Kier alpha value is -6.22. The Morgan fingerprint density at radius 1 is 0.397 bits per heavy atom. The molecule has 1 fully saturated rings. The Balaban J connectivity index is 1.11. The van der Waals surface area contributed by atoms with E-state index in [0.717, 1.165) is 57.1 Å². The van der Waals surface area contributed by atoms with Crippen LogP contribution in [-0.2, 0) is 9.98 Å². The van der Waals surface area contributed by atoms with Gasteiger partial charge in [-0.3, -0.25) is 0 Å². The van der Waals surface area contributed by atoms with Crippen LogP contribution in [-0.4, -0.2) is 28.3 Å². The Labute approximate surface area is 342 Å². The van der Waals surface area contributed by atoms with Crippen LogP contribution in [0.2, 0.25) is 0 Å².